The topological polar surface area (TPSA) is 50.2 Å². The summed E-state index contributed by atoms with van der Waals surface area (Å²) in [6.07, 6.45) is 6.94. The highest BCUT2D eigenvalue weighted by atomic mass is 16.2. The minimum absolute atomic E-state index is 0.0458. The van der Waals surface area contributed by atoms with Crippen LogP contribution in [-0.4, -0.2) is 39.7 Å². The molecule has 1 aromatic carbocycles. The lowest BCUT2D eigenvalue weighted by atomic mass is 9.89. The number of aromatic nitrogens is 2. The van der Waals surface area contributed by atoms with Gasteiger partial charge in [-0.2, -0.15) is 5.10 Å². The van der Waals surface area contributed by atoms with E-state index in [1.54, 1.807) is 10.9 Å². The van der Waals surface area contributed by atoms with Gasteiger partial charge in [0.05, 0.1) is 17.9 Å². The molecule has 2 aromatic rings. The molecule has 3 rings (SSSR count). The third-order valence-electron chi connectivity index (χ3n) is 4.92. The molecule has 5 nitrogen and oxygen atoms in total. The Labute approximate surface area is 143 Å². The van der Waals surface area contributed by atoms with E-state index < -0.39 is 0 Å². The molecule has 1 atom stereocenters. The zero-order valence-electron chi connectivity index (χ0n) is 14.5. The van der Waals surface area contributed by atoms with Crippen molar-refractivity contribution in [3.63, 3.8) is 0 Å². The van der Waals surface area contributed by atoms with Crippen molar-refractivity contribution in [1.82, 2.24) is 14.7 Å². The van der Waals surface area contributed by atoms with Gasteiger partial charge < -0.3 is 5.32 Å². The van der Waals surface area contributed by atoms with Crippen molar-refractivity contribution in [3.05, 3.63) is 48.3 Å². The zero-order valence-corrected chi connectivity index (χ0v) is 14.5. The lowest BCUT2D eigenvalue weighted by molar-refractivity contribution is -0.121. The van der Waals surface area contributed by atoms with Gasteiger partial charge in [0.25, 0.3) is 0 Å². The Kier molecular flexibility index (Phi) is 5.30. The molecule has 2 heterocycles. The maximum Gasteiger partial charge on any atom is 0.241 e. The largest absolute Gasteiger partial charge is 0.322 e. The fourth-order valence-corrected chi connectivity index (χ4v) is 3.39. The number of hydrogen-bond acceptors (Lipinski definition) is 3. The summed E-state index contributed by atoms with van der Waals surface area (Å²) in [5, 5.41) is 7.03. The zero-order chi connectivity index (χ0) is 16.9. The van der Waals surface area contributed by atoms with E-state index in [0.717, 1.165) is 44.0 Å². The third kappa shape index (κ3) is 4.23. The van der Waals surface area contributed by atoms with Crippen LogP contribution in [0.25, 0.3) is 0 Å². The van der Waals surface area contributed by atoms with Gasteiger partial charge in [0.1, 0.15) is 0 Å². The van der Waals surface area contributed by atoms with E-state index in [0.29, 0.717) is 0 Å². The van der Waals surface area contributed by atoms with Gasteiger partial charge in [-0.15, -0.1) is 0 Å². The number of carbonyl (C=O) groups is 1. The highest BCUT2D eigenvalue weighted by Crippen LogP contribution is 2.23. The van der Waals surface area contributed by atoms with Crippen LogP contribution in [0.3, 0.4) is 0 Å². The molecular formula is C19H26N4O. The summed E-state index contributed by atoms with van der Waals surface area (Å²) in [5.41, 5.74) is 2.17. The van der Waals surface area contributed by atoms with Crippen molar-refractivity contribution in [2.24, 2.45) is 13.0 Å². The number of rotatable bonds is 5. The van der Waals surface area contributed by atoms with Crippen molar-refractivity contribution in [2.45, 2.75) is 32.2 Å². The van der Waals surface area contributed by atoms with Crippen LogP contribution in [0.15, 0.2) is 42.7 Å². The summed E-state index contributed by atoms with van der Waals surface area (Å²) in [7, 11) is 1.84. The van der Waals surface area contributed by atoms with E-state index in [1.807, 2.05) is 20.2 Å². The highest BCUT2D eigenvalue weighted by Gasteiger charge is 2.26. The number of likely N-dealkylation sites (tertiary alicyclic amines) is 1. The lowest BCUT2D eigenvalue weighted by Gasteiger charge is -2.35. The van der Waals surface area contributed by atoms with Crippen LogP contribution in [0.5, 0.6) is 0 Å². The van der Waals surface area contributed by atoms with Crippen LogP contribution in [-0.2, 0) is 18.3 Å². The number of aryl methyl sites for hydroxylation is 1. The predicted molar refractivity (Wildman–Crippen MR) is 95.7 cm³/mol. The normalized spacial score (nSPS) is 17.6. The monoisotopic (exact) mass is 326 g/mol. The van der Waals surface area contributed by atoms with Gasteiger partial charge in [-0.3, -0.25) is 14.4 Å². The van der Waals surface area contributed by atoms with Crippen LogP contribution < -0.4 is 5.32 Å². The number of piperidine rings is 1. The first-order valence-corrected chi connectivity index (χ1v) is 8.69. The van der Waals surface area contributed by atoms with E-state index >= 15 is 0 Å². The van der Waals surface area contributed by atoms with Gasteiger partial charge in [-0.05, 0) is 50.8 Å². The summed E-state index contributed by atoms with van der Waals surface area (Å²) in [6.45, 7) is 3.96. The standard InChI is InChI=1S/C19H26N4O/c1-15(19(24)21-18-13-20-22(2)14-18)23-10-8-17(9-11-23)12-16-6-4-3-5-7-16/h3-7,13-15,17H,8-12H2,1-2H3,(H,21,24). The maximum atomic E-state index is 12.4. The molecule has 1 amide bonds. The molecule has 1 aromatic heterocycles. The quantitative estimate of drug-likeness (QED) is 0.919. The Morgan fingerprint density at radius 3 is 2.62 bits per heavy atom. The van der Waals surface area contributed by atoms with Crippen LogP contribution in [0.4, 0.5) is 5.69 Å². The first-order chi connectivity index (χ1) is 11.6. The average molecular weight is 326 g/mol. The third-order valence-corrected chi connectivity index (χ3v) is 4.92. The molecule has 0 bridgehead atoms. The van der Waals surface area contributed by atoms with E-state index in [-0.39, 0.29) is 11.9 Å². The second-order valence-corrected chi connectivity index (χ2v) is 6.74. The van der Waals surface area contributed by atoms with Gasteiger partial charge in [0.2, 0.25) is 5.91 Å². The summed E-state index contributed by atoms with van der Waals surface area (Å²) >= 11 is 0. The number of nitrogens with zero attached hydrogens (tertiary/aromatic N) is 3. The lowest BCUT2D eigenvalue weighted by Crippen LogP contribution is -2.46. The Morgan fingerprint density at radius 1 is 1.29 bits per heavy atom. The minimum Gasteiger partial charge on any atom is -0.322 e. The van der Waals surface area contributed by atoms with Crippen molar-refractivity contribution < 1.29 is 4.79 Å². The highest BCUT2D eigenvalue weighted by molar-refractivity contribution is 5.94. The molecule has 1 saturated heterocycles. The van der Waals surface area contributed by atoms with E-state index in [9.17, 15) is 4.79 Å². The van der Waals surface area contributed by atoms with Crippen LogP contribution in [0.2, 0.25) is 0 Å². The molecule has 1 fully saturated rings. The first kappa shape index (κ1) is 16.7. The van der Waals surface area contributed by atoms with E-state index in [1.165, 1.54) is 5.56 Å². The molecule has 1 N–H and O–H groups in total. The number of hydrogen-bond donors (Lipinski definition) is 1. The minimum atomic E-state index is -0.108. The Morgan fingerprint density at radius 2 is 2.00 bits per heavy atom. The predicted octanol–water partition coefficient (Wildman–Crippen LogP) is 2.70. The molecule has 1 unspecified atom stereocenters. The Balaban J connectivity index is 1.47. The van der Waals surface area contributed by atoms with E-state index in [4.69, 9.17) is 0 Å². The van der Waals surface area contributed by atoms with Crippen molar-refractivity contribution in [2.75, 3.05) is 18.4 Å². The van der Waals surface area contributed by atoms with Gasteiger partial charge in [0, 0.05) is 13.2 Å². The number of benzene rings is 1. The Bertz CT molecular complexity index is 659. The molecule has 24 heavy (non-hydrogen) atoms. The van der Waals surface area contributed by atoms with Gasteiger partial charge in [-0.25, -0.2) is 0 Å². The summed E-state index contributed by atoms with van der Waals surface area (Å²) in [6, 6.07) is 10.6. The summed E-state index contributed by atoms with van der Waals surface area (Å²) in [5.74, 6) is 0.766. The molecule has 1 aliphatic rings. The SMILES string of the molecule is CC(C(=O)Nc1cnn(C)c1)N1CCC(Cc2ccccc2)CC1. The molecule has 0 aliphatic carbocycles. The fourth-order valence-electron chi connectivity index (χ4n) is 3.39. The van der Waals surface area contributed by atoms with Crippen LogP contribution in [0, 0.1) is 5.92 Å². The molecule has 5 heteroatoms. The van der Waals surface area contributed by atoms with Crippen LogP contribution >= 0.6 is 0 Å². The van der Waals surface area contributed by atoms with Gasteiger partial charge >= 0.3 is 0 Å². The number of carbonyl (C=O) groups excluding carboxylic acids is 1. The number of anilines is 1. The second kappa shape index (κ2) is 7.62. The molecule has 0 saturated carbocycles. The molecule has 0 spiro atoms. The number of nitrogens with one attached hydrogen (secondary N) is 1. The molecular weight excluding hydrogens is 300 g/mol. The van der Waals surface area contributed by atoms with E-state index in [2.05, 4.69) is 45.6 Å². The first-order valence-electron chi connectivity index (χ1n) is 8.69. The average Bonchev–Trinajstić information content (AvgIpc) is 3.00. The number of amides is 1. The van der Waals surface area contributed by atoms with Gasteiger partial charge in [-0.1, -0.05) is 30.3 Å². The molecule has 0 radical (unpaired) electrons. The fraction of sp³-hybridized carbons (Fsp3) is 0.474. The van der Waals surface area contributed by atoms with Crippen molar-refractivity contribution in [1.29, 1.82) is 0 Å². The Hall–Kier alpha value is -2.14. The van der Waals surface area contributed by atoms with Crippen molar-refractivity contribution in [3.8, 4) is 0 Å². The maximum absolute atomic E-state index is 12.4. The summed E-state index contributed by atoms with van der Waals surface area (Å²) < 4.78 is 1.69. The smallest absolute Gasteiger partial charge is 0.241 e. The molecule has 128 valence electrons. The summed E-state index contributed by atoms with van der Waals surface area (Å²) in [4.78, 5) is 14.7. The van der Waals surface area contributed by atoms with Crippen LogP contribution in [0.1, 0.15) is 25.3 Å². The van der Waals surface area contributed by atoms with Crippen molar-refractivity contribution >= 4 is 11.6 Å². The second-order valence-electron chi connectivity index (χ2n) is 6.74. The molecule has 1 aliphatic heterocycles. The van der Waals surface area contributed by atoms with Gasteiger partial charge in [0.15, 0.2) is 0 Å².